The van der Waals surface area contributed by atoms with E-state index in [0.29, 0.717) is 16.7 Å². The van der Waals surface area contributed by atoms with E-state index >= 15 is 0 Å². The first kappa shape index (κ1) is 19.5. The molecule has 30 heavy (non-hydrogen) atoms. The zero-order chi connectivity index (χ0) is 21.1. The van der Waals surface area contributed by atoms with Gasteiger partial charge >= 0.3 is 5.97 Å². The van der Waals surface area contributed by atoms with E-state index in [-0.39, 0.29) is 23.5 Å². The van der Waals surface area contributed by atoms with Crippen LogP contribution in [0, 0.1) is 13.8 Å². The van der Waals surface area contributed by atoms with E-state index in [1.807, 2.05) is 50.2 Å². The number of fused-ring (bicyclic) bond motifs is 1. The van der Waals surface area contributed by atoms with Crippen molar-refractivity contribution in [1.29, 1.82) is 0 Å². The Morgan fingerprint density at radius 3 is 2.57 bits per heavy atom. The number of rotatable bonds is 6. The normalized spacial score (nSPS) is 10.9. The Bertz CT molecular complexity index is 1240. The molecular formula is C24H20O6. The Morgan fingerprint density at radius 2 is 1.83 bits per heavy atom. The van der Waals surface area contributed by atoms with Gasteiger partial charge in [-0.3, -0.25) is 4.79 Å². The third kappa shape index (κ3) is 3.98. The molecule has 4 aromatic rings. The van der Waals surface area contributed by atoms with Crippen molar-refractivity contribution in [2.45, 2.75) is 20.5 Å². The van der Waals surface area contributed by atoms with Crippen molar-refractivity contribution in [3.05, 3.63) is 87.8 Å². The molecule has 2 aromatic carbocycles. The molecule has 6 heteroatoms. The number of aryl methyl sites for hydroxylation is 2. The average molecular weight is 404 g/mol. The zero-order valence-electron chi connectivity index (χ0n) is 16.6. The Kier molecular flexibility index (Phi) is 5.39. The molecule has 0 aliphatic rings. The van der Waals surface area contributed by atoms with E-state index in [1.165, 1.54) is 6.26 Å². The first-order valence-electron chi connectivity index (χ1n) is 9.47. The van der Waals surface area contributed by atoms with E-state index in [4.69, 9.17) is 18.3 Å². The van der Waals surface area contributed by atoms with Crippen LogP contribution in [0.5, 0.6) is 5.75 Å². The summed E-state index contributed by atoms with van der Waals surface area (Å²) < 4.78 is 22.2. The van der Waals surface area contributed by atoms with Crippen LogP contribution in [0.25, 0.3) is 22.5 Å². The topological polar surface area (TPSA) is 78.9 Å². The number of carbonyl (C=O) groups is 1. The van der Waals surface area contributed by atoms with Crippen LogP contribution >= 0.6 is 0 Å². The number of hydrogen-bond donors (Lipinski definition) is 0. The molecule has 152 valence electrons. The highest BCUT2D eigenvalue weighted by Gasteiger charge is 2.22. The molecule has 0 fully saturated rings. The Balaban J connectivity index is 1.63. The molecule has 0 saturated carbocycles. The minimum Gasteiger partial charge on any atom is -0.474 e. The number of ether oxygens (including phenoxy) is 2. The van der Waals surface area contributed by atoms with Crippen molar-refractivity contribution < 1.29 is 23.1 Å². The number of furan rings is 1. The lowest BCUT2D eigenvalue weighted by atomic mass is 10.1. The van der Waals surface area contributed by atoms with Gasteiger partial charge in [-0.25, -0.2) is 4.79 Å². The van der Waals surface area contributed by atoms with E-state index in [0.717, 1.165) is 16.7 Å². The Hall–Kier alpha value is -3.80. The Labute approximate surface area is 172 Å². The molecule has 0 saturated heterocycles. The predicted octanol–water partition coefficient (Wildman–Crippen LogP) is 4.79. The summed E-state index contributed by atoms with van der Waals surface area (Å²) in [6.07, 6.45) is 1.47. The van der Waals surface area contributed by atoms with Crippen LogP contribution in [0.15, 0.2) is 74.5 Å². The summed E-state index contributed by atoms with van der Waals surface area (Å²) in [6, 6.07) is 16.3. The van der Waals surface area contributed by atoms with Gasteiger partial charge in [0, 0.05) is 0 Å². The second-order valence-corrected chi connectivity index (χ2v) is 6.96. The first-order chi connectivity index (χ1) is 14.5. The number of benzene rings is 2. The molecule has 4 rings (SSSR count). The molecule has 2 aromatic heterocycles. The highest BCUT2D eigenvalue weighted by molar-refractivity contribution is 5.84. The minimum absolute atomic E-state index is 0.0842. The van der Waals surface area contributed by atoms with Crippen molar-refractivity contribution in [2.75, 3.05) is 6.61 Å². The molecule has 0 bridgehead atoms. The quantitative estimate of drug-likeness (QED) is 0.430. The van der Waals surface area contributed by atoms with Gasteiger partial charge in [0.2, 0.25) is 16.9 Å². The molecule has 0 radical (unpaired) electrons. The van der Waals surface area contributed by atoms with Crippen molar-refractivity contribution in [1.82, 2.24) is 0 Å². The van der Waals surface area contributed by atoms with Gasteiger partial charge < -0.3 is 18.3 Å². The maximum absolute atomic E-state index is 13.2. The summed E-state index contributed by atoms with van der Waals surface area (Å²) in [4.78, 5) is 25.3. The summed E-state index contributed by atoms with van der Waals surface area (Å²) in [5.74, 6) is -0.204. The molecule has 0 amide bonds. The van der Waals surface area contributed by atoms with Gasteiger partial charge in [0.25, 0.3) is 0 Å². The van der Waals surface area contributed by atoms with Crippen molar-refractivity contribution in [3.63, 3.8) is 0 Å². The molecular weight excluding hydrogens is 384 g/mol. The third-order valence-corrected chi connectivity index (χ3v) is 4.60. The second kappa shape index (κ2) is 8.29. The van der Waals surface area contributed by atoms with E-state index < -0.39 is 12.6 Å². The van der Waals surface area contributed by atoms with Gasteiger partial charge in [-0.15, -0.1) is 0 Å². The summed E-state index contributed by atoms with van der Waals surface area (Å²) in [5.41, 5.74) is 2.69. The van der Waals surface area contributed by atoms with Gasteiger partial charge in [0.15, 0.2) is 12.4 Å². The van der Waals surface area contributed by atoms with Crippen LogP contribution < -0.4 is 10.2 Å². The fraction of sp³-hybridized carbons (Fsp3) is 0.167. The van der Waals surface area contributed by atoms with Crippen molar-refractivity contribution in [2.24, 2.45) is 0 Å². The maximum Gasteiger partial charge on any atom is 0.344 e. The minimum atomic E-state index is -0.593. The second-order valence-electron chi connectivity index (χ2n) is 6.96. The van der Waals surface area contributed by atoms with E-state index in [2.05, 4.69) is 0 Å². The number of esters is 1. The van der Waals surface area contributed by atoms with Crippen LogP contribution in [-0.2, 0) is 16.1 Å². The van der Waals surface area contributed by atoms with Crippen LogP contribution in [0.1, 0.15) is 16.7 Å². The molecule has 2 heterocycles. The SMILES string of the molecule is Cc1cc(C)c2oc(-c3ccco3)c(OCC(=O)OCc3ccccc3)c(=O)c2c1. The fourth-order valence-corrected chi connectivity index (χ4v) is 3.24. The first-order valence-corrected chi connectivity index (χ1v) is 9.47. The number of hydrogen-bond acceptors (Lipinski definition) is 6. The van der Waals surface area contributed by atoms with Crippen LogP contribution in [-0.4, -0.2) is 12.6 Å². The van der Waals surface area contributed by atoms with Gasteiger partial charge in [-0.05, 0) is 48.7 Å². The average Bonchev–Trinajstić information content (AvgIpc) is 3.27. The smallest absolute Gasteiger partial charge is 0.344 e. The zero-order valence-corrected chi connectivity index (χ0v) is 16.6. The lowest BCUT2D eigenvalue weighted by Gasteiger charge is -2.12. The maximum atomic E-state index is 13.2. The largest absolute Gasteiger partial charge is 0.474 e. The molecule has 0 unspecified atom stereocenters. The van der Waals surface area contributed by atoms with Crippen LogP contribution in [0.2, 0.25) is 0 Å². The summed E-state index contributed by atoms with van der Waals surface area (Å²) in [6.45, 7) is 3.46. The molecule has 0 N–H and O–H groups in total. The molecule has 0 aliphatic carbocycles. The van der Waals surface area contributed by atoms with Crippen LogP contribution in [0.3, 0.4) is 0 Å². The Morgan fingerprint density at radius 1 is 1.03 bits per heavy atom. The summed E-state index contributed by atoms with van der Waals surface area (Å²) in [5, 5.41) is 0.385. The molecule has 0 aliphatic heterocycles. The monoisotopic (exact) mass is 404 g/mol. The van der Waals surface area contributed by atoms with Gasteiger partial charge in [0.1, 0.15) is 12.2 Å². The predicted molar refractivity (Wildman–Crippen MR) is 111 cm³/mol. The molecule has 0 atom stereocenters. The standard InChI is InChI=1S/C24H20O6/c1-15-11-16(2)22-18(12-15)21(26)24(23(30-22)19-9-6-10-27-19)29-14-20(25)28-13-17-7-4-3-5-8-17/h3-12H,13-14H2,1-2H3. The van der Waals surface area contributed by atoms with Gasteiger partial charge in [-0.1, -0.05) is 36.4 Å². The fourth-order valence-electron chi connectivity index (χ4n) is 3.24. The highest BCUT2D eigenvalue weighted by Crippen LogP contribution is 2.32. The third-order valence-electron chi connectivity index (χ3n) is 4.60. The molecule has 0 spiro atoms. The van der Waals surface area contributed by atoms with Crippen LogP contribution in [0.4, 0.5) is 0 Å². The summed E-state index contributed by atoms with van der Waals surface area (Å²) in [7, 11) is 0. The van der Waals surface area contributed by atoms with Crippen molar-refractivity contribution in [3.8, 4) is 17.3 Å². The lowest BCUT2D eigenvalue weighted by molar-refractivity contribution is -0.147. The van der Waals surface area contributed by atoms with Gasteiger partial charge in [-0.2, -0.15) is 0 Å². The lowest BCUT2D eigenvalue weighted by Crippen LogP contribution is -2.19. The summed E-state index contributed by atoms with van der Waals surface area (Å²) >= 11 is 0. The molecule has 6 nitrogen and oxygen atoms in total. The van der Waals surface area contributed by atoms with Gasteiger partial charge in [0.05, 0.1) is 11.6 Å². The number of carbonyl (C=O) groups excluding carboxylic acids is 1. The highest BCUT2D eigenvalue weighted by atomic mass is 16.6. The van der Waals surface area contributed by atoms with Crippen molar-refractivity contribution >= 4 is 16.9 Å². The van der Waals surface area contributed by atoms with E-state index in [1.54, 1.807) is 18.2 Å². The van der Waals surface area contributed by atoms with E-state index in [9.17, 15) is 9.59 Å².